The molecule has 1 rings (SSSR count). The average molecular weight is 178 g/mol. The first kappa shape index (κ1) is 9.07. The minimum absolute atomic E-state index is 0.0584. The minimum atomic E-state index is 0.0584. The summed E-state index contributed by atoms with van der Waals surface area (Å²) in [7, 11) is 0. The van der Waals surface area contributed by atoms with Gasteiger partial charge in [0.05, 0.1) is 0 Å². The monoisotopic (exact) mass is 178 g/mol. The lowest BCUT2D eigenvalue weighted by molar-refractivity contribution is 0.108. The van der Waals surface area contributed by atoms with Crippen LogP contribution in [-0.4, -0.2) is 5.12 Å². The van der Waals surface area contributed by atoms with E-state index in [0.717, 1.165) is 22.9 Å². The molecule has 62 valence electrons. The van der Waals surface area contributed by atoms with E-state index in [2.05, 4.69) is 6.58 Å². The van der Waals surface area contributed by atoms with Crippen molar-refractivity contribution >= 4 is 16.9 Å². The maximum atomic E-state index is 11.4. The molecule has 0 N–H and O–H groups in total. The third-order valence-electron chi connectivity index (χ3n) is 1.56. The Bertz CT molecular complexity index is 304. The van der Waals surface area contributed by atoms with Gasteiger partial charge in [0.2, 0.25) is 5.12 Å². The number of aryl methyl sites for hydroxylation is 1. The molecule has 2 heteroatoms. The van der Waals surface area contributed by atoms with Crippen molar-refractivity contribution in [1.29, 1.82) is 0 Å². The Labute approximate surface area is 76.5 Å². The van der Waals surface area contributed by atoms with E-state index in [4.69, 9.17) is 0 Å². The Balaban J connectivity index is 2.94. The maximum absolute atomic E-state index is 11.4. The Hall–Kier alpha value is -1.02. The number of rotatable bonds is 2. The molecule has 0 amide bonds. The van der Waals surface area contributed by atoms with Crippen LogP contribution in [0.1, 0.15) is 15.9 Å². The Kier molecular flexibility index (Phi) is 3.11. The Morgan fingerprint density at radius 1 is 1.50 bits per heavy atom. The van der Waals surface area contributed by atoms with Crippen molar-refractivity contribution < 1.29 is 4.79 Å². The molecule has 0 saturated heterocycles. The second-order valence-corrected chi connectivity index (χ2v) is 3.33. The van der Waals surface area contributed by atoms with E-state index >= 15 is 0 Å². The summed E-state index contributed by atoms with van der Waals surface area (Å²) in [6.45, 7) is 5.43. The molecule has 0 fully saturated rings. The Morgan fingerprint density at radius 3 is 2.75 bits per heavy atom. The van der Waals surface area contributed by atoms with Crippen LogP contribution >= 0.6 is 11.8 Å². The fourth-order valence-electron chi connectivity index (χ4n) is 0.941. The fraction of sp³-hybridized carbons (Fsp3) is 0.100. The van der Waals surface area contributed by atoms with E-state index < -0.39 is 0 Å². The average Bonchev–Trinajstić information content (AvgIpc) is 2.05. The Morgan fingerprint density at radius 2 is 2.17 bits per heavy atom. The normalized spacial score (nSPS) is 9.42. The van der Waals surface area contributed by atoms with Gasteiger partial charge < -0.3 is 0 Å². The third kappa shape index (κ3) is 1.98. The molecular weight excluding hydrogens is 168 g/mol. The quantitative estimate of drug-likeness (QED) is 0.692. The molecule has 0 unspecified atom stereocenters. The van der Waals surface area contributed by atoms with Crippen molar-refractivity contribution in [3.05, 3.63) is 47.4 Å². The van der Waals surface area contributed by atoms with Gasteiger partial charge in [-0.1, -0.05) is 42.6 Å². The number of hydrogen-bond donors (Lipinski definition) is 0. The van der Waals surface area contributed by atoms with Crippen LogP contribution in [0.25, 0.3) is 0 Å². The highest BCUT2D eigenvalue weighted by atomic mass is 32.2. The van der Waals surface area contributed by atoms with Gasteiger partial charge in [0.1, 0.15) is 0 Å². The summed E-state index contributed by atoms with van der Waals surface area (Å²) in [5, 5.41) is 1.61. The number of carbonyl (C=O) groups excluding carboxylic acids is 1. The summed E-state index contributed by atoms with van der Waals surface area (Å²) < 4.78 is 0. The summed E-state index contributed by atoms with van der Waals surface area (Å²) >= 11 is 1.12. The summed E-state index contributed by atoms with van der Waals surface area (Å²) in [5.41, 5.74) is 1.78. The van der Waals surface area contributed by atoms with Crippen molar-refractivity contribution in [1.82, 2.24) is 0 Å². The van der Waals surface area contributed by atoms with Gasteiger partial charge in [-0.3, -0.25) is 4.79 Å². The first-order valence-electron chi connectivity index (χ1n) is 3.63. The molecule has 0 bridgehead atoms. The zero-order valence-corrected chi connectivity index (χ0v) is 7.73. The second kappa shape index (κ2) is 4.12. The van der Waals surface area contributed by atoms with Crippen LogP contribution < -0.4 is 0 Å². The van der Waals surface area contributed by atoms with Crippen LogP contribution in [0.15, 0.2) is 36.3 Å². The molecule has 1 aromatic rings. The molecule has 0 aliphatic rings. The van der Waals surface area contributed by atoms with Crippen molar-refractivity contribution in [2.75, 3.05) is 0 Å². The SMILES string of the molecule is C=CSC(=O)c1ccccc1C. The van der Waals surface area contributed by atoms with Crippen LogP contribution in [0.5, 0.6) is 0 Å². The van der Waals surface area contributed by atoms with Crippen LogP contribution in [0.2, 0.25) is 0 Å². The third-order valence-corrected chi connectivity index (χ3v) is 2.16. The van der Waals surface area contributed by atoms with Gasteiger partial charge in [0.25, 0.3) is 0 Å². The molecule has 0 aliphatic heterocycles. The molecule has 0 aromatic heterocycles. The summed E-state index contributed by atoms with van der Waals surface area (Å²) in [4.78, 5) is 11.4. The van der Waals surface area contributed by atoms with Crippen molar-refractivity contribution in [3.8, 4) is 0 Å². The van der Waals surface area contributed by atoms with Gasteiger partial charge in [-0.25, -0.2) is 0 Å². The van der Waals surface area contributed by atoms with E-state index in [1.807, 2.05) is 31.2 Å². The number of benzene rings is 1. The highest BCUT2D eigenvalue weighted by Crippen LogP contribution is 2.15. The van der Waals surface area contributed by atoms with Gasteiger partial charge in [-0.2, -0.15) is 0 Å². The van der Waals surface area contributed by atoms with Gasteiger partial charge in [0.15, 0.2) is 0 Å². The number of thioether (sulfide) groups is 1. The molecule has 12 heavy (non-hydrogen) atoms. The first-order chi connectivity index (χ1) is 5.75. The molecule has 1 aromatic carbocycles. The molecule has 0 saturated carbocycles. The van der Waals surface area contributed by atoms with Gasteiger partial charge in [0, 0.05) is 5.56 Å². The van der Waals surface area contributed by atoms with Gasteiger partial charge in [-0.05, 0) is 17.9 Å². The molecule has 0 heterocycles. The number of carbonyl (C=O) groups is 1. The molecule has 1 nitrogen and oxygen atoms in total. The zero-order valence-electron chi connectivity index (χ0n) is 6.91. The van der Waals surface area contributed by atoms with Crippen molar-refractivity contribution in [2.45, 2.75) is 6.92 Å². The van der Waals surface area contributed by atoms with Crippen LogP contribution in [0, 0.1) is 6.92 Å². The van der Waals surface area contributed by atoms with Crippen molar-refractivity contribution in [2.24, 2.45) is 0 Å². The zero-order chi connectivity index (χ0) is 8.97. The molecule has 0 aliphatic carbocycles. The van der Waals surface area contributed by atoms with E-state index in [9.17, 15) is 4.79 Å². The fourth-order valence-corrected chi connectivity index (χ4v) is 1.45. The predicted octanol–water partition coefficient (Wildman–Crippen LogP) is 3.01. The smallest absolute Gasteiger partial charge is 0.223 e. The van der Waals surface area contributed by atoms with Crippen LogP contribution in [0.4, 0.5) is 0 Å². The van der Waals surface area contributed by atoms with Gasteiger partial charge in [-0.15, -0.1) is 0 Å². The van der Waals surface area contributed by atoms with Crippen LogP contribution in [0.3, 0.4) is 0 Å². The second-order valence-electron chi connectivity index (χ2n) is 2.39. The van der Waals surface area contributed by atoms with E-state index in [1.165, 1.54) is 0 Å². The van der Waals surface area contributed by atoms with Gasteiger partial charge >= 0.3 is 0 Å². The molecule has 0 spiro atoms. The largest absolute Gasteiger partial charge is 0.281 e. The summed E-state index contributed by atoms with van der Waals surface area (Å²) in [6.07, 6.45) is 0. The first-order valence-corrected chi connectivity index (χ1v) is 4.51. The highest BCUT2D eigenvalue weighted by Gasteiger charge is 2.05. The minimum Gasteiger partial charge on any atom is -0.281 e. The molecule has 0 atom stereocenters. The van der Waals surface area contributed by atoms with Crippen molar-refractivity contribution in [3.63, 3.8) is 0 Å². The van der Waals surface area contributed by atoms with E-state index in [0.29, 0.717) is 0 Å². The lowest BCUT2D eigenvalue weighted by Crippen LogP contribution is -1.94. The predicted molar refractivity (Wildman–Crippen MR) is 53.3 cm³/mol. The lowest BCUT2D eigenvalue weighted by Gasteiger charge is -2.00. The van der Waals surface area contributed by atoms with Crippen LogP contribution in [-0.2, 0) is 0 Å². The summed E-state index contributed by atoms with van der Waals surface area (Å²) in [6, 6.07) is 7.54. The maximum Gasteiger partial charge on any atom is 0.223 e. The molecular formula is C10H10OS. The van der Waals surface area contributed by atoms with E-state index in [1.54, 1.807) is 5.41 Å². The van der Waals surface area contributed by atoms with E-state index in [-0.39, 0.29) is 5.12 Å². The molecule has 0 radical (unpaired) electrons. The topological polar surface area (TPSA) is 17.1 Å². The number of hydrogen-bond acceptors (Lipinski definition) is 2. The highest BCUT2D eigenvalue weighted by molar-refractivity contribution is 8.16. The summed E-state index contributed by atoms with van der Waals surface area (Å²) in [5.74, 6) is 0. The lowest BCUT2D eigenvalue weighted by atomic mass is 10.1. The standard InChI is InChI=1S/C10H10OS/c1-3-12-10(11)9-7-5-4-6-8(9)2/h3-7H,1H2,2H3.